The first-order valence-corrected chi connectivity index (χ1v) is 9.93. The summed E-state index contributed by atoms with van der Waals surface area (Å²) in [5, 5.41) is 16.5. The van der Waals surface area contributed by atoms with Gasteiger partial charge in [0, 0.05) is 22.0 Å². The van der Waals surface area contributed by atoms with Crippen molar-refractivity contribution < 1.29 is 4.79 Å². The molecular weight excluding hydrogens is 344 g/mol. The number of rotatable bonds is 4. The van der Waals surface area contributed by atoms with Crippen molar-refractivity contribution in [1.29, 1.82) is 0 Å². The fraction of sp³-hybridized carbons (Fsp3) is 0.300. The topological polar surface area (TPSA) is 69.8 Å². The number of benzene rings is 1. The summed E-state index contributed by atoms with van der Waals surface area (Å²) in [6.07, 6.45) is 9.90. The maximum Gasteiger partial charge on any atom is 0.319 e. The minimum absolute atomic E-state index is 0.131. The van der Waals surface area contributed by atoms with Crippen LogP contribution in [-0.2, 0) is 0 Å². The third kappa shape index (κ3) is 3.96. The van der Waals surface area contributed by atoms with E-state index < -0.39 is 0 Å². The summed E-state index contributed by atoms with van der Waals surface area (Å²) in [7, 11) is 0. The van der Waals surface area contributed by atoms with Crippen LogP contribution >= 0.6 is 11.3 Å². The van der Waals surface area contributed by atoms with Gasteiger partial charge in [0.1, 0.15) is 0 Å². The lowest BCUT2D eigenvalue weighted by molar-refractivity contribution is 0.244. The second-order valence-electron chi connectivity index (χ2n) is 6.65. The third-order valence-corrected chi connectivity index (χ3v) is 5.58. The molecule has 1 saturated carbocycles. The van der Waals surface area contributed by atoms with Gasteiger partial charge >= 0.3 is 6.03 Å². The van der Waals surface area contributed by atoms with Crippen LogP contribution in [0.25, 0.3) is 23.1 Å². The number of nitrogens with one attached hydrogen (secondary N) is 3. The Morgan fingerprint density at radius 3 is 2.88 bits per heavy atom. The zero-order valence-electron chi connectivity index (χ0n) is 14.5. The average molecular weight is 366 g/mol. The molecule has 0 radical (unpaired) electrons. The minimum Gasteiger partial charge on any atom is -0.335 e. The summed E-state index contributed by atoms with van der Waals surface area (Å²) in [5.41, 5.74) is 2.57. The predicted molar refractivity (Wildman–Crippen MR) is 108 cm³/mol. The zero-order chi connectivity index (χ0) is 17.8. The molecule has 1 aromatic carbocycles. The molecule has 2 heterocycles. The standard InChI is InChI=1S/C20H22N4OS/c25-20(21-14-5-2-1-3-6-14)22-15-8-10-17-18(23-24-19(17)13-15)11-9-16-7-4-12-26-16/h4,7-14H,1-3,5-6H2,(H,23,24)(H2,21,22,25)/b11-9+. The molecule has 134 valence electrons. The first-order chi connectivity index (χ1) is 12.8. The van der Waals surface area contributed by atoms with Gasteiger partial charge < -0.3 is 10.6 Å². The lowest BCUT2D eigenvalue weighted by atomic mass is 9.96. The molecule has 6 heteroatoms. The highest BCUT2D eigenvalue weighted by atomic mass is 32.1. The van der Waals surface area contributed by atoms with Gasteiger partial charge in [0.25, 0.3) is 0 Å². The molecule has 0 bridgehead atoms. The first-order valence-electron chi connectivity index (χ1n) is 9.05. The number of carbonyl (C=O) groups excluding carboxylic acids is 1. The second kappa shape index (κ2) is 7.74. The van der Waals surface area contributed by atoms with E-state index in [1.54, 1.807) is 11.3 Å². The summed E-state index contributed by atoms with van der Waals surface area (Å²) in [5.74, 6) is 0. The zero-order valence-corrected chi connectivity index (χ0v) is 15.3. The van der Waals surface area contributed by atoms with Crippen molar-refractivity contribution in [3.05, 3.63) is 46.3 Å². The molecular formula is C20H22N4OS. The van der Waals surface area contributed by atoms with Crippen molar-refractivity contribution in [2.24, 2.45) is 0 Å². The molecule has 5 nitrogen and oxygen atoms in total. The Morgan fingerprint density at radius 1 is 1.19 bits per heavy atom. The molecule has 3 N–H and O–H groups in total. The number of fused-ring (bicyclic) bond motifs is 1. The molecule has 1 aliphatic rings. The lowest BCUT2D eigenvalue weighted by Crippen LogP contribution is -2.38. The van der Waals surface area contributed by atoms with Crippen molar-refractivity contribution in [3.63, 3.8) is 0 Å². The number of aromatic amines is 1. The molecule has 26 heavy (non-hydrogen) atoms. The summed E-state index contributed by atoms with van der Waals surface area (Å²) >= 11 is 1.69. The second-order valence-corrected chi connectivity index (χ2v) is 7.63. The fourth-order valence-corrected chi connectivity index (χ4v) is 4.01. The van der Waals surface area contributed by atoms with Gasteiger partial charge in [-0.3, -0.25) is 5.10 Å². The van der Waals surface area contributed by atoms with E-state index in [2.05, 4.69) is 38.4 Å². The van der Waals surface area contributed by atoms with Gasteiger partial charge in [-0.2, -0.15) is 5.10 Å². The molecule has 0 aliphatic heterocycles. The van der Waals surface area contributed by atoms with Crippen LogP contribution in [0.5, 0.6) is 0 Å². The Balaban J connectivity index is 1.43. The van der Waals surface area contributed by atoms with Crippen LogP contribution < -0.4 is 10.6 Å². The van der Waals surface area contributed by atoms with E-state index in [4.69, 9.17) is 0 Å². The number of hydrogen-bond acceptors (Lipinski definition) is 3. The number of aromatic nitrogens is 2. The Bertz CT molecular complexity index is 907. The van der Waals surface area contributed by atoms with E-state index in [0.29, 0.717) is 6.04 Å². The van der Waals surface area contributed by atoms with Crippen LogP contribution in [0.2, 0.25) is 0 Å². The van der Waals surface area contributed by atoms with Crippen LogP contribution in [0.1, 0.15) is 42.7 Å². The molecule has 0 unspecified atom stereocenters. The average Bonchev–Trinajstić information content (AvgIpc) is 3.30. The van der Waals surface area contributed by atoms with Gasteiger partial charge in [-0.1, -0.05) is 25.3 Å². The van der Waals surface area contributed by atoms with Crippen molar-refractivity contribution >= 4 is 46.1 Å². The highest BCUT2D eigenvalue weighted by molar-refractivity contribution is 7.10. The van der Waals surface area contributed by atoms with Gasteiger partial charge in [-0.15, -0.1) is 11.3 Å². The monoisotopic (exact) mass is 366 g/mol. The van der Waals surface area contributed by atoms with Crippen LogP contribution in [0.15, 0.2) is 35.7 Å². The molecule has 2 amide bonds. The summed E-state index contributed by atoms with van der Waals surface area (Å²) in [6.45, 7) is 0. The van der Waals surface area contributed by atoms with Crippen LogP contribution in [0.3, 0.4) is 0 Å². The number of thiophene rings is 1. The Labute approximate surface area is 156 Å². The molecule has 0 saturated heterocycles. The van der Waals surface area contributed by atoms with Gasteiger partial charge in [-0.25, -0.2) is 4.79 Å². The molecule has 1 fully saturated rings. The van der Waals surface area contributed by atoms with Crippen molar-refractivity contribution in [1.82, 2.24) is 15.5 Å². The molecule has 0 spiro atoms. The molecule has 4 rings (SSSR count). The molecule has 1 aliphatic carbocycles. The van der Waals surface area contributed by atoms with Gasteiger partial charge in [0.05, 0.1) is 11.2 Å². The van der Waals surface area contributed by atoms with Gasteiger partial charge in [-0.05, 0) is 54.6 Å². The Morgan fingerprint density at radius 2 is 2.08 bits per heavy atom. The molecule has 3 aromatic rings. The predicted octanol–water partition coefficient (Wildman–Crippen LogP) is 5.25. The SMILES string of the molecule is O=C(Nc1ccc2c(/C=C/c3cccs3)n[nH]c2c1)NC1CCCCC1. The molecule has 0 atom stereocenters. The van der Waals surface area contributed by atoms with E-state index in [0.717, 1.165) is 35.1 Å². The third-order valence-electron chi connectivity index (χ3n) is 4.74. The number of anilines is 1. The first kappa shape index (κ1) is 16.8. The normalized spacial score (nSPS) is 15.5. The Kier molecular flexibility index (Phi) is 5.02. The van der Waals surface area contributed by atoms with Crippen LogP contribution in [0, 0.1) is 0 Å². The van der Waals surface area contributed by atoms with Crippen LogP contribution in [-0.4, -0.2) is 22.3 Å². The van der Waals surface area contributed by atoms with Crippen LogP contribution in [0.4, 0.5) is 10.5 Å². The number of amides is 2. The number of H-pyrrole nitrogens is 1. The number of carbonyl (C=O) groups is 1. The summed E-state index contributed by atoms with van der Waals surface area (Å²) in [6, 6.07) is 10.1. The number of hydrogen-bond donors (Lipinski definition) is 3. The number of urea groups is 1. The maximum absolute atomic E-state index is 12.2. The summed E-state index contributed by atoms with van der Waals surface area (Å²) in [4.78, 5) is 13.4. The van der Waals surface area contributed by atoms with Gasteiger partial charge in [0.2, 0.25) is 0 Å². The van der Waals surface area contributed by atoms with E-state index in [-0.39, 0.29) is 6.03 Å². The quantitative estimate of drug-likeness (QED) is 0.590. The highest BCUT2D eigenvalue weighted by Gasteiger charge is 2.15. The largest absolute Gasteiger partial charge is 0.335 e. The van der Waals surface area contributed by atoms with E-state index in [1.165, 1.54) is 24.1 Å². The smallest absolute Gasteiger partial charge is 0.319 e. The lowest BCUT2D eigenvalue weighted by Gasteiger charge is -2.22. The highest BCUT2D eigenvalue weighted by Crippen LogP contribution is 2.23. The van der Waals surface area contributed by atoms with E-state index in [9.17, 15) is 4.79 Å². The molecule has 2 aromatic heterocycles. The fourth-order valence-electron chi connectivity index (χ4n) is 3.39. The number of nitrogens with zero attached hydrogens (tertiary/aromatic N) is 1. The van der Waals surface area contributed by atoms with Crippen molar-refractivity contribution in [3.8, 4) is 0 Å². The van der Waals surface area contributed by atoms with Crippen molar-refractivity contribution in [2.75, 3.05) is 5.32 Å². The maximum atomic E-state index is 12.2. The summed E-state index contributed by atoms with van der Waals surface area (Å²) < 4.78 is 0. The minimum atomic E-state index is -0.131. The van der Waals surface area contributed by atoms with Crippen molar-refractivity contribution in [2.45, 2.75) is 38.1 Å². The van der Waals surface area contributed by atoms with Gasteiger partial charge in [0.15, 0.2) is 0 Å². The van der Waals surface area contributed by atoms with E-state index >= 15 is 0 Å². The Hall–Kier alpha value is -2.60. The van der Waals surface area contributed by atoms with E-state index in [1.807, 2.05) is 30.3 Å².